The van der Waals surface area contributed by atoms with Gasteiger partial charge in [-0.1, -0.05) is 53.7 Å². The maximum absolute atomic E-state index is 13.4. The van der Waals surface area contributed by atoms with Gasteiger partial charge in [0.2, 0.25) is 0 Å². The number of allylic oxidation sites excluding steroid dienone is 1. The molecule has 35 heavy (non-hydrogen) atoms. The first kappa shape index (κ1) is 24.7. The van der Waals surface area contributed by atoms with Gasteiger partial charge in [-0.25, -0.2) is 9.78 Å². The van der Waals surface area contributed by atoms with Crippen molar-refractivity contribution in [3.63, 3.8) is 0 Å². The molecule has 2 aromatic carbocycles. The molecule has 2 heterocycles. The monoisotopic (exact) mass is 513 g/mol. The van der Waals surface area contributed by atoms with Crippen molar-refractivity contribution in [2.45, 2.75) is 23.8 Å². The highest BCUT2D eigenvalue weighted by Gasteiger charge is 2.38. The number of aromatic amines is 1. The Balaban J connectivity index is 1.84. The first-order valence-corrected chi connectivity index (χ1v) is 12.0. The van der Waals surface area contributed by atoms with E-state index in [4.69, 9.17) is 25.8 Å². The van der Waals surface area contributed by atoms with Crippen LogP contribution in [0.4, 0.5) is 5.82 Å². The molecule has 0 aliphatic carbocycles. The van der Waals surface area contributed by atoms with Gasteiger partial charge < -0.3 is 24.5 Å². The van der Waals surface area contributed by atoms with Crippen LogP contribution in [0.5, 0.6) is 11.5 Å². The number of ether oxygens (including phenoxy) is 3. The minimum Gasteiger partial charge on any atom is -0.493 e. The molecule has 8 nitrogen and oxygen atoms in total. The van der Waals surface area contributed by atoms with Crippen molar-refractivity contribution in [1.82, 2.24) is 9.97 Å². The van der Waals surface area contributed by atoms with Crippen molar-refractivity contribution in [2.24, 2.45) is 0 Å². The van der Waals surface area contributed by atoms with E-state index in [1.165, 1.54) is 33.1 Å². The molecule has 10 heteroatoms. The van der Waals surface area contributed by atoms with Gasteiger partial charge in [0.25, 0.3) is 5.56 Å². The fraction of sp³-hybridized carbons (Fsp3) is 0.240. The molecule has 0 fully saturated rings. The summed E-state index contributed by atoms with van der Waals surface area (Å²) in [4.78, 5) is 33.8. The highest BCUT2D eigenvalue weighted by molar-refractivity contribution is 7.98. The summed E-state index contributed by atoms with van der Waals surface area (Å²) in [6.45, 7) is 1.74. The molecule has 1 aliphatic rings. The minimum atomic E-state index is -0.789. The van der Waals surface area contributed by atoms with Crippen LogP contribution >= 0.6 is 23.4 Å². The lowest BCUT2D eigenvalue weighted by Crippen LogP contribution is -2.31. The van der Waals surface area contributed by atoms with Gasteiger partial charge in [-0.3, -0.25) is 4.79 Å². The average molecular weight is 514 g/mol. The van der Waals surface area contributed by atoms with E-state index in [0.29, 0.717) is 44.5 Å². The van der Waals surface area contributed by atoms with Crippen molar-refractivity contribution in [3.8, 4) is 11.5 Å². The van der Waals surface area contributed by atoms with Crippen molar-refractivity contribution in [3.05, 3.63) is 85.8 Å². The number of hydrogen-bond acceptors (Lipinski definition) is 8. The number of fused-ring (bicyclic) bond motifs is 1. The number of H-pyrrole nitrogens is 1. The van der Waals surface area contributed by atoms with Crippen LogP contribution in [0.15, 0.2) is 63.7 Å². The predicted molar refractivity (Wildman–Crippen MR) is 136 cm³/mol. The number of halogens is 1. The third-order valence-electron chi connectivity index (χ3n) is 5.69. The van der Waals surface area contributed by atoms with Crippen molar-refractivity contribution in [2.75, 3.05) is 26.6 Å². The number of rotatable bonds is 7. The molecule has 0 saturated heterocycles. The van der Waals surface area contributed by atoms with E-state index in [9.17, 15) is 9.59 Å². The second kappa shape index (κ2) is 10.5. The molecule has 4 rings (SSSR count). The van der Waals surface area contributed by atoms with Crippen LogP contribution in [0.3, 0.4) is 0 Å². The molecule has 0 amide bonds. The quantitative estimate of drug-likeness (QED) is 0.265. The normalized spacial score (nSPS) is 14.7. The molecular formula is C25H24ClN3O5S. The summed E-state index contributed by atoms with van der Waals surface area (Å²) < 4.78 is 16.1. The van der Waals surface area contributed by atoms with Gasteiger partial charge in [-0.15, -0.1) is 0 Å². The van der Waals surface area contributed by atoms with E-state index in [2.05, 4.69) is 15.3 Å². The van der Waals surface area contributed by atoms with E-state index in [-0.39, 0.29) is 16.7 Å². The number of aromatic nitrogens is 2. The SMILES string of the molecule is COC(=O)C1=C(C)Nc2nc(SCc3ccccc3Cl)[nH]c(=O)c2C1c1cccc(OC)c1OC. The number of nitrogens with zero attached hydrogens (tertiary/aromatic N) is 1. The fourth-order valence-corrected chi connectivity index (χ4v) is 5.24. The summed E-state index contributed by atoms with van der Waals surface area (Å²) in [6, 6.07) is 12.8. The number of thioether (sulfide) groups is 1. The number of benzene rings is 2. The zero-order valence-corrected chi connectivity index (χ0v) is 21.2. The number of methoxy groups -OCH3 is 3. The summed E-state index contributed by atoms with van der Waals surface area (Å²) in [6.07, 6.45) is 0. The van der Waals surface area contributed by atoms with Gasteiger partial charge in [0, 0.05) is 22.0 Å². The highest BCUT2D eigenvalue weighted by atomic mass is 35.5. The molecule has 3 aromatic rings. The minimum absolute atomic E-state index is 0.282. The molecule has 0 saturated carbocycles. The first-order valence-electron chi connectivity index (χ1n) is 10.7. The molecule has 1 unspecified atom stereocenters. The molecule has 1 aliphatic heterocycles. The van der Waals surface area contributed by atoms with Crippen LogP contribution in [-0.2, 0) is 15.3 Å². The van der Waals surface area contributed by atoms with E-state index in [1.54, 1.807) is 25.1 Å². The molecule has 182 valence electrons. The van der Waals surface area contributed by atoms with Gasteiger partial charge in [-0.2, -0.15) is 0 Å². The van der Waals surface area contributed by atoms with E-state index in [0.717, 1.165) is 5.56 Å². The first-order chi connectivity index (χ1) is 16.9. The van der Waals surface area contributed by atoms with Gasteiger partial charge in [-0.05, 0) is 24.6 Å². The Labute approximate surface area is 211 Å². The molecule has 0 radical (unpaired) electrons. The van der Waals surface area contributed by atoms with E-state index < -0.39 is 11.9 Å². The number of carbonyl (C=O) groups excluding carboxylic acids is 1. The summed E-state index contributed by atoms with van der Waals surface area (Å²) in [5.41, 5.74) is 2.22. The van der Waals surface area contributed by atoms with E-state index in [1.807, 2.05) is 24.3 Å². The predicted octanol–water partition coefficient (Wildman–Crippen LogP) is 4.74. The average Bonchev–Trinajstić information content (AvgIpc) is 2.86. The molecule has 2 N–H and O–H groups in total. The number of para-hydroxylation sites is 1. The third-order valence-corrected chi connectivity index (χ3v) is 6.98. The highest BCUT2D eigenvalue weighted by Crippen LogP contribution is 2.46. The Morgan fingerprint density at radius 1 is 1.11 bits per heavy atom. The van der Waals surface area contributed by atoms with Crippen LogP contribution in [0.1, 0.15) is 29.5 Å². The number of nitrogens with one attached hydrogen (secondary N) is 2. The van der Waals surface area contributed by atoms with Crippen LogP contribution < -0.4 is 20.3 Å². The molecular weight excluding hydrogens is 490 g/mol. The smallest absolute Gasteiger partial charge is 0.336 e. The molecule has 0 spiro atoms. The van der Waals surface area contributed by atoms with Gasteiger partial charge in [0.1, 0.15) is 5.82 Å². The van der Waals surface area contributed by atoms with Crippen molar-refractivity contribution in [1.29, 1.82) is 0 Å². The zero-order valence-electron chi connectivity index (χ0n) is 19.6. The van der Waals surface area contributed by atoms with Crippen LogP contribution in [0.25, 0.3) is 0 Å². The zero-order chi connectivity index (χ0) is 25.1. The van der Waals surface area contributed by atoms with E-state index >= 15 is 0 Å². The van der Waals surface area contributed by atoms with Crippen LogP contribution in [0.2, 0.25) is 5.02 Å². The Morgan fingerprint density at radius 2 is 1.89 bits per heavy atom. The number of esters is 1. The van der Waals surface area contributed by atoms with Crippen molar-refractivity contribution >= 4 is 35.1 Å². The topological polar surface area (TPSA) is 103 Å². The summed E-state index contributed by atoms with van der Waals surface area (Å²) in [7, 11) is 4.33. The number of hydrogen-bond donors (Lipinski definition) is 2. The Hall–Kier alpha value is -3.43. The van der Waals surface area contributed by atoms with Gasteiger partial charge in [0.15, 0.2) is 16.7 Å². The number of carbonyl (C=O) groups is 1. The second-order valence-electron chi connectivity index (χ2n) is 7.68. The number of anilines is 1. The van der Waals surface area contributed by atoms with Gasteiger partial charge >= 0.3 is 5.97 Å². The molecule has 0 bridgehead atoms. The summed E-state index contributed by atoms with van der Waals surface area (Å²) >= 11 is 7.62. The Bertz CT molecular complexity index is 1370. The van der Waals surface area contributed by atoms with Crippen LogP contribution in [-0.4, -0.2) is 37.3 Å². The lowest BCUT2D eigenvalue weighted by atomic mass is 9.81. The summed E-state index contributed by atoms with van der Waals surface area (Å²) in [5, 5.41) is 4.18. The Kier molecular flexibility index (Phi) is 7.37. The third kappa shape index (κ3) is 4.74. The van der Waals surface area contributed by atoms with Crippen molar-refractivity contribution < 1.29 is 19.0 Å². The summed E-state index contributed by atoms with van der Waals surface area (Å²) in [5.74, 6) is 0.420. The largest absolute Gasteiger partial charge is 0.493 e. The van der Waals surface area contributed by atoms with Gasteiger partial charge in [0.05, 0.1) is 38.4 Å². The second-order valence-corrected chi connectivity index (χ2v) is 9.06. The molecule has 1 aromatic heterocycles. The maximum atomic E-state index is 13.4. The lowest BCUT2D eigenvalue weighted by Gasteiger charge is -2.29. The Morgan fingerprint density at radius 3 is 2.57 bits per heavy atom. The maximum Gasteiger partial charge on any atom is 0.336 e. The fourth-order valence-electron chi connectivity index (χ4n) is 4.09. The lowest BCUT2D eigenvalue weighted by molar-refractivity contribution is -0.136. The van der Waals surface area contributed by atoms with Crippen LogP contribution in [0, 0.1) is 0 Å². The molecule has 1 atom stereocenters. The standard InChI is InChI=1S/C25H24ClN3O5S/c1-13-18(24(31)34-4)19(15-9-7-11-17(32-2)21(15)33-3)20-22(27-13)28-25(29-23(20)30)35-12-14-8-5-6-10-16(14)26/h5-11,19H,12H2,1-4H3,(H2,27,28,29,30).